The summed E-state index contributed by atoms with van der Waals surface area (Å²) in [6.07, 6.45) is 15.1. The van der Waals surface area contributed by atoms with Gasteiger partial charge < -0.3 is 16.2 Å². The number of fused-ring (bicyclic) bond motifs is 1. The molecule has 2 rings (SSSR count). The first kappa shape index (κ1) is 26.0. The largest absolute Gasteiger partial charge is 0.384 e. The van der Waals surface area contributed by atoms with E-state index in [4.69, 9.17) is 11.3 Å². The average molecular weight is 454 g/mol. The maximum Gasteiger partial charge on any atom is 0.220 e. The van der Waals surface area contributed by atoms with Crippen LogP contribution >= 0.6 is 0 Å². The maximum absolute atomic E-state index is 13.8. The third-order valence-corrected chi connectivity index (χ3v) is 5.37. The Morgan fingerprint density at radius 1 is 1.30 bits per heavy atom. The number of allylic oxidation sites excluding steroid dienone is 5. The quantitative estimate of drug-likeness (QED) is 0.173. The smallest absolute Gasteiger partial charge is 0.220 e. The van der Waals surface area contributed by atoms with Crippen molar-refractivity contribution in [3.8, 4) is 0 Å². The van der Waals surface area contributed by atoms with Crippen molar-refractivity contribution in [1.29, 1.82) is 5.53 Å². The number of aliphatic hydroxyl groups is 1. The van der Waals surface area contributed by atoms with Crippen molar-refractivity contribution in [2.45, 2.75) is 38.7 Å². The van der Waals surface area contributed by atoms with Gasteiger partial charge in [-0.25, -0.2) is 19.9 Å². The van der Waals surface area contributed by atoms with Gasteiger partial charge in [-0.05, 0) is 31.1 Å². The van der Waals surface area contributed by atoms with E-state index in [1.807, 2.05) is 38.2 Å². The van der Waals surface area contributed by atoms with Crippen LogP contribution in [0, 0.1) is 5.53 Å². The zero-order valence-electron chi connectivity index (χ0n) is 19.3. The van der Waals surface area contributed by atoms with E-state index in [1.165, 1.54) is 6.08 Å². The summed E-state index contributed by atoms with van der Waals surface area (Å²) in [4.78, 5) is 12.6. The predicted molar refractivity (Wildman–Crippen MR) is 132 cm³/mol. The van der Waals surface area contributed by atoms with Gasteiger partial charge in [-0.1, -0.05) is 44.2 Å². The molecule has 0 bridgehead atoms. The first-order valence-corrected chi connectivity index (χ1v) is 10.9. The van der Waals surface area contributed by atoms with Crippen molar-refractivity contribution in [1.82, 2.24) is 15.3 Å². The summed E-state index contributed by atoms with van der Waals surface area (Å²) in [5.74, 6) is -0.312. The molecule has 8 nitrogen and oxygen atoms in total. The minimum Gasteiger partial charge on any atom is -0.384 e. The molecule has 1 aliphatic carbocycles. The molecule has 9 heteroatoms. The maximum atomic E-state index is 13.8. The number of aromatic nitrogens is 2. The number of nitrogens with zero attached hydrogens (tertiary/aromatic N) is 4. The monoisotopic (exact) mass is 453 g/mol. The molecule has 1 heterocycles. The third kappa shape index (κ3) is 7.10. The highest BCUT2D eigenvalue weighted by atomic mass is 19.1. The summed E-state index contributed by atoms with van der Waals surface area (Å²) in [6.45, 7) is 4.89. The van der Waals surface area contributed by atoms with E-state index >= 15 is 0 Å². The normalized spacial score (nSPS) is 15.1. The number of nitrogens with two attached hydrogens (primary N) is 1. The van der Waals surface area contributed by atoms with Crippen LogP contribution in [-0.2, 0) is 6.42 Å². The Bertz CT molecular complexity index is 1020. The fourth-order valence-corrected chi connectivity index (χ4v) is 3.38. The minimum absolute atomic E-state index is 0.0112. The molecule has 1 aliphatic rings. The molecule has 0 radical (unpaired) electrons. The summed E-state index contributed by atoms with van der Waals surface area (Å²) in [6, 6.07) is 0. The van der Waals surface area contributed by atoms with Crippen molar-refractivity contribution in [3.05, 3.63) is 65.3 Å². The lowest BCUT2D eigenvalue weighted by molar-refractivity contribution is 0.104. The summed E-state index contributed by atoms with van der Waals surface area (Å²) >= 11 is 0. The van der Waals surface area contributed by atoms with Crippen molar-refractivity contribution < 1.29 is 9.50 Å². The number of hydrogen-bond acceptors (Lipinski definition) is 8. The molecule has 0 aliphatic heterocycles. The van der Waals surface area contributed by atoms with Crippen LogP contribution in [0.25, 0.3) is 11.8 Å². The summed E-state index contributed by atoms with van der Waals surface area (Å²) in [5, 5.41) is 17.4. The number of aliphatic imine (C=N–C) groups is 1. The molecule has 1 aromatic heterocycles. The van der Waals surface area contributed by atoms with Gasteiger partial charge in [0.1, 0.15) is 22.8 Å². The van der Waals surface area contributed by atoms with Crippen LogP contribution in [0.5, 0.6) is 0 Å². The van der Waals surface area contributed by atoms with Gasteiger partial charge in [-0.3, -0.25) is 4.99 Å². The van der Waals surface area contributed by atoms with Gasteiger partial charge >= 0.3 is 0 Å². The molecule has 0 fully saturated rings. The first-order valence-electron chi connectivity index (χ1n) is 10.9. The number of nitrogen functional groups attached to an aromatic ring is 1. The zero-order valence-corrected chi connectivity index (χ0v) is 19.3. The van der Waals surface area contributed by atoms with Crippen LogP contribution < -0.4 is 11.1 Å². The van der Waals surface area contributed by atoms with Crippen LogP contribution in [-0.4, -0.2) is 46.5 Å². The Labute approximate surface area is 194 Å². The van der Waals surface area contributed by atoms with E-state index in [0.717, 1.165) is 0 Å². The zero-order chi connectivity index (χ0) is 24.3. The number of hydrogen-bond donors (Lipinski definition) is 4. The van der Waals surface area contributed by atoms with Gasteiger partial charge in [0.05, 0.1) is 11.4 Å². The average Bonchev–Trinajstić information content (AvgIpc) is 3.00. The Hall–Kier alpha value is -3.30. The van der Waals surface area contributed by atoms with Gasteiger partial charge in [0.15, 0.2) is 0 Å². The standard InChI is InChI=1S/C24H32FN7O/c1-4-24(33,5-2)21(28-3)12-7-6-8-14-29-15-13-19(32-27)22-18-11-9-10-17(25)16-20(18)30-23(26)31-22/h6-13,27,29,33H,4-5,14-16H2,1-3H3,(H2,26,30,31)/b8-6+,12-7-,19-13-,28-21?,32-27?. The molecule has 1 aromatic rings. The van der Waals surface area contributed by atoms with Gasteiger partial charge in [-0.15, -0.1) is 0 Å². The van der Waals surface area contributed by atoms with E-state index in [2.05, 4.69) is 25.4 Å². The van der Waals surface area contributed by atoms with E-state index in [1.54, 1.807) is 25.3 Å². The van der Waals surface area contributed by atoms with Crippen LogP contribution in [0.1, 0.15) is 43.6 Å². The highest BCUT2D eigenvalue weighted by Gasteiger charge is 2.26. The van der Waals surface area contributed by atoms with Crippen LogP contribution in [0.4, 0.5) is 10.3 Å². The Morgan fingerprint density at radius 3 is 2.73 bits per heavy atom. The van der Waals surface area contributed by atoms with Crippen molar-refractivity contribution in [3.63, 3.8) is 0 Å². The molecule has 0 unspecified atom stereocenters. The molecular formula is C24H32FN7O. The van der Waals surface area contributed by atoms with E-state index < -0.39 is 5.60 Å². The van der Waals surface area contributed by atoms with E-state index in [-0.39, 0.29) is 18.2 Å². The van der Waals surface area contributed by atoms with Crippen LogP contribution in [0.2, 0.25) is 0 Å². The molecule has 0 saturated heterocycles. The predicted octanol–water partition coefficient (Wildman–Crippen LogP) is 4.18. The van der Waals surface area contributed by atoms with Gasteiger partial charge in [0.2, 0.25) is 5.95 Å². The lowest BCUT2D eigenvalue weighted by Crippen LogP contribution is -2.36. The molecule has 5 N–H and O–H groups in total. The molecule has 176 valence electrons. The third-order valence-electron chi connectivity index (χ3n) is 5.37. The van der Waals surface area contributed by atoms with E-state index in [0.29, 0.717) is 54.3 Å². The second kappa shape index (κ2) is 12.7. The van der Waals surface area contributed by atoms with E-state index in [9.17, 15) is 9.50 Å². The topological polar surface area (TPSA) is 133 Å². The van der Waals surface area contributed by atoms with Crippen molar-refractivity contribution in [2.75, 3.05) is 25.9 Å². The first-order chi connectivity index (χ1) is 15.9. The number of nitrogens with one attached hydrogen (secondary N) is 2. The minimum atomic E-state index is -0.905. The van der Waals surface area contributed by atoms with Crippen LogP contribution in [0.15, 0.2) is 58.5 Å². The lowest BCUT2D eigenvalue weighted by Gasteiger charge is -2.25. The fourth-order valence-electron chi connectivity index (χ4n) is 3.38. The van der Waals surface area contributed by atoms with Gasteiger partial charge in [0, 0.05) is 32.1 Å². The van der Waals surface area contributed by atoms with Crippen LogP contribution in [0.3, 0.4) is 0 Å². The Balaban J connectivity index is 2.00. The molecule has 0 amide bonds. The fraction of sp³-hybridized carbons (Fsp3) is 0.375. The van der Waals surface area contributed by atoms with Crippen molar-refractivity contribution in [2.24, 2.45) is 10.1 Å². The molecular weight excluding hydrogens is 421 g/mol. The summed E-state index contributed by atoms with van der Waals surface area (Å²) < 4.78 is 13.8. The lowest BCUT2D eigenvalue weighted by atomic mass is 9.91. The number of halogens is 1. The molecule has 0 aromatic carbocycles. The number of anilines is 1. The SMILES string of the molecule is CCC(O)(CC)C(/C=C\C=C\CNC/C=C(\N=N)c1nc(N)nc2c1C=CC=C(F)C2)=NC. The molecule has 0 atom stereocenters. The summed E-state index contributed by atoms with van der Waals surface area (Å²) in [7, 11) is 1.68. The molecule has 0 saturated carbocycles. The second-order valence-electron chi connectivity index (χ2n) is 7.43. The van der Waals surface area contributed by atoms with Gasteiger partial charge in [-0.2, -0.15) is 5.11 Å². The summed E-state index contributed by atoms with van der Waals surface area (Å²) in [5.41, 5.74) is 14.9. The van der Waals surface area contributed by atoms with Gasteiger partial charge in [0.25, 0.3) is 0 Å². The Kier molecular flexibility index (Phi) is 9.96. The Morgan fingerprint density at radius 2 is 2.06 bits per heavy atom. The number of rotatable bonds is 11. The highest BCUT2D eigenvalue weighted by molar-refractivity contribution is 6.01. The van der Waals surface area contributed by atoms with Crippen molar-refractivity contribution >= 4 is 23.4 Å². The molecule has 0 spiro atoms. The molecule has 33 heavy (non-hydrogen) atoms. The second-order valence-corrected chi connectivity index (χ2v) is 7.43. The highest BCUT2D eigenvalue weighted by Crippen LogP contribution is 2.26.